The first-order valence-electron chi connectivity index (χ1n) is 10.4. The molecule has 5 heteroatoms. The summed E-state index contributed by atoms with van der Waals surface area (Å²) in [5.74, 6) is 0.283. The highest BCUT2D eigenvalue weighted by atomic mass is 16.2. The van der Waals surface area contributed by atoms with E-state index in [4.69, 9.17) is 0 Å². The van der Waals surface area contributed by atoms with E-state index in [2.05, 4.69) is 22.3 Å². The molecule has 0 radical (unpaired) electrons. The van der Waals surface area contributed by atoms with Crippen LogP contribution in [0.3, 0.4) is 0 Å². The molecule has 0 aromatic heterocycles. The molecule has 3 aliphatic rings. The first-order valence-corrected chi connectivity index (χ1v) is 10.4. The molecule has 2 saturated heterocycles. The van der Waals surface area contributed by atoms with Gasteiger partial charge in [-0.2, -0.15) is 0 Å². The molecule has 27 heavy (non-hydrogen) atoms. The first kappa shape index (κ1) is 18.3. The molecule has 3 amide bonds. The van der Waals surface area contributed by atoms with Crippen molar-refractivity contribution in [3.63, 3.8) is 0 Å². The molecule has 1 atom stereocenters. The summed E-state index contributed by atoms with van der Waals surface area (Å²) in [5, 5.41) is 3.00. The van der Waals surface area contributed by atoms with Gasteiger partial charge in [0.05, 0.1) is 5.92 Å². The highest BCUT2D eigenvalue weighted by Gasteiger charge is 2.49. The Morgan fingerprint density at radius 2 is 1.81 bits per heavy atom. The van der Waals surface area contributed by atoms with Crippen LogP contribution in [0.1, 0.15) is 57.4 Å². The zero-order valence-corrected chi connectivity index (χ0v) is 16.5. The number of piperidine rings is 2. The second-order valence-corrected chi connectivity index (χ2v) is 8.96. The van der Waals surface area contributed by atoms with Crippen LogP contribution in [0.25, 0.3) is 0 Å². The number of likely N-dealkylation sites (tertiary alicyclic amines) is 2. The molecule has 1 aliphatic carbocycles. The van der Waals surface area contributed by atoms with Crippen LogP contribution in [-0.2, 0) is 4.79 Å². The molecule has 1 saturated carbocycles. The predicted molar refractivity (Wildman–Crippen MR) is 105 cm³/mol. The highest BCUT2D eigenvalue weighted by molar-refractivity contribution is 5.85. The summed E-state index contributed by atoms with van der Waals surface area (Å²) in [4.78, 5) is 29.6. The van der Waals surface area contributed by atoms with Crippen LogP contribution >= 0.6 is 0 Å². The van der Waals surface area contributed by atoms with Gasteiger partial charge in [0.1, 0.15) is 0 Å². The summed E-state index contributed by atoms with van der Waals surface area (Å²) in [6, 6.07) is 10.9. The number of rotatable bonds is 3. The Balaban J connectivity index is 1.51. The quantitative estimate of drug-likeness (QED) is 0.888. The standard InChI is InChI=1S/C22H31N3O2/c1-16(2)23-21(27)24-12-10-22(11-13-24)14-19(17-6-4-3-5-7-17)20(26)25(15-22)18-8-9-18/h3-7,16,18-19H,8-15H2,1-2H3,(H,23,27). The van der Waals surface area contributed by atoms with E-state index in [1.807, 2.05) is 36.9 Å². The maximum Gasteiger partial charge on any atom is 0.317 e. The molecule has 2 aliphatic heterocycles. The van der Waals surface area contributed by atoms with E-state index < -0.39 is 0 Å². The van der Waals surface area contributed by atoms with Gasteiger partial charge in [0.15, 0.2) is 0 Å². The summed E-state index contributed by atoms with van der Waals surface area (Å²) >= 11 is 0. The Hall–Kier alpha value is -2.04. The van der Waals surface area contributed by atoms with E-state index in [-0.39, 0.29) is 23.4 Å². The molecule has 0 bridgehead atoms. The lowest BCUT2D eigenvalue weighted by Gasteiger charge is -2.50. The third-order valence-corrected chi connectivity index (χ3v) is 6.44. The molecule has 1 aromatic carbocycles. The van der Waals surface area contributed by atoms with Gasteiger partial charge in [-0.3, -0.25) is 4.79 Å². The predicted octanol–water partition coefficient (Wildman–Crippen LogP) is 3.37. The third kappa shape index (κ3) is 3.83. The van der Waals surface area contributed by atoms with Crippen molar-refractivity contribution >= 4 is 11.9 Å². The van der Waals surface area contributed by atoms with Crippen LogP contribution in [-0.4, -0.2) is 53.5 Å². The zero-order valence-electron chi connectivity index (χ0n) is 16.5. The first-order chi connectivity index (χ1) is 13.0. The number of benzene rings is 1. The van der Waals surface area contributed by atoms with Gasteiger partial charge in [-0.15, -0.1) is 0 Å². The molecule has 1 unspecified atom stereocenters. The summed E-state index contributed by atoms with van der Waals surface area (Å²) < 4.78 is 0. The van der Waals surface area contributed by atoms with Gasteiger partial charge >= 0.3 is 6.03 Å². The molecule has 1 N–H and O–H groups in total. The molecule has 5 nitrogen and oxygen atoms in total. The number of carbonyl (C=O) groups excluding carboxylic acids is 2. The number of amides is 3. The Labute approximate surface area is 162 Å². The van der Waals surface area contributed by atoms with Gasteiger partial charge in [-0.25, -0.2) is 4.79 Å². The fourth-order valence-electron chi connectivity index (χ4n) is 4.75. The minimum Gasteiger partial charge on any atom is -0.339 e. The van der Waals surface area contributed by atoms with Crippen molar-refractivity contribution in [2.75, 3.05) is 19.6 Å². The van der Waals surface area contributed by atoms with Crippen molar-refractivity contribution in [2.45, 2.75) is 64.0 Å². The molecule has 4 rings (SSSR count). The topological polar surface area (TPSA) is 52.7 Å². The largest absolute Gasteiger partial charge is 0.339 e. The molecule has 146 valence electrons. The number of hydrogen-bond acceptors (Lipinski definition) is 2. The fourth-order valence-corrected chi connectivity index (χ4v) is 4.75. The lowest BCUT2D eigenvalue weighted by atomic mass is 9.67. The van der Waals surface area contributed by atoms with Crippen LogP contribution in [0.5, 0.6) is 0 Å². The van der Waals surface area contributed by atoms with E-state index in [0.29, 0.717) is 11.9 Å². The molecular formula is C22H31N3O2. The van der Waals surface area contributed by atoms with Crippen molar-refractivity contribution in [3.8, 4) is 0 Å². The number of nitrogens with zero attached hydrogens (tertiary/aromatic N) is 2. The summed E-state index contributed by atoms with van der Waals surface area (Å²) in [5.41, 5.74) is 1.29. The maximum atomic E-state index is 13.2. The van der Waals surface area contributed by atoms with E-state index in [0.717, 1.165) is 57.3 Å². The maximum absolute atomic E-state index is 13.2. The van der Waals surface area contributed by atoms with Crippen LogP contribution in [0.4, 0.5) is 4.79 Å². The van der Waals surface area contributed by atoms with Crippen molar-refractivity contribution in [3.05, 3.63) is 35.9 Å². The van der Waals surface area contributed by atoms with E-state index in [1.54, 1.807) is 0 Å². The monoisotopic (exact) mass is 369 g/mol. The van der Waals surface area contributed by atoms with Crippen molar-refractivity contribution in [1.29, 1.82) is 0 Å². The molecule has 1 spiro atoms. The van der Waals surface area contributed by atoms with Crippen LogP contribution < -0.4 is 5.32 Å². The highest BCUT2D eigenvalue weighted by Crippen LogP contribution is 2.48. The van der Waals surface area contributed by atoms with Crippen LogP contribution in [0.15, 0.2) is 30.3 Å². The minimum absolute atomic E-state index is 0.0309. The zero-order chi connectivity index (χ0) is 19.0. The summed E-state index contributed by atoms with van der Waals surface area (Å²) in [7, 11) is 0. The Morgan fingerprint density at radius 3 is 2.41 bits per heavy atom. The van der Waals surface area contributed by atoms with Crippen LogP contribution in [0, 0.1) is 5.41 Å². The fraction of sp³-hybridized carbons (Fsp3) is 0.636. The third-order valence-electron chi connectivity index (χ3n) is 6.44. The van der Waals surface area contributed by atoms with E-state index in [1.165, 1.54) is 0 Å². The SMILES string of the molecule is CC(C)NC(=O)N1CCC2(CC1)CC(c1ccccc1)C(=O)N(C1CC1)C2. The Bertz CT molecular complexity index is 691. The minimum atomic E-state index is -0.0309. The Kier molecular flexibility index (Phi) is 4.87. The molecule has 2 heterocycles. The lowest BCUT2D eigenvalue weighted by Crippen LogP contribution is -2.56. The second kappa shape index (κ2) is 7.17. The van der Waals surface area contributed by atoms with Crippen molar-refractivity contribution < 1.29 is 9.59 Å². The summed E-state index contributed by atoms with van der Waals surface area (Å²) in [6.07, 6.45) is 5.17. The number of nitrogens with one attached hydrogen (secondary N) is 1. The number of carbonyl (C=O) groups is 2. The lowest BCUT2D eigenvalue weighted by molar-refractivity contribution is -0.142. The number of hydrogen-bond donors (Lipinski definition) is 1. The van der Waals surface area contributed by atoms with E-state index in [9.17, 15) is 9.59 Å². The second-order valence-electron chi connectivity index (χ2n) is 8.96. The van der Waals surface area contributed by atoms with Gasteiger partial charge in [0, 0.05) is 31.7 Å². The van der Waals surface area contributed by atoms with Gasteiger partial charge in [-0.1, -0.05) is 30.3 Å². The van der Waals surface area contributed by atoms with Crippen LogP contribution in [0.2, 0.25) is 0 Å². The summed E-state index contributed by atoms with van der Waals surface area (Å²) in [6.45, 7) is 6.43. The number of urea groups is 1. The Morgan fingerprint density at radius 1 is 1.15 bits per heavy atom. The van der Waals surface area contributed by atoms with Gasteiger partial charge in [0.25, 0.3) is 0 Å². The normalized spacial score (nSPS) is 25.1. The smallest absolute Gasteiger partial charge is 0.317 e. The van der Waals surface area contributed by atoms with Gasteiger partial charge < -0.3 is 15.1 Å². The van der Waals surface area contributed by atoms with Crippen molar-refractivity contribution in [2.24, 2.45) is 5.41 Å². The van der Waals surface area contributed by atoms with Gasteiger partial charge in [0.2, 0.25) is 5.91 Å². The average Bonchev–Trinajstić information content (AvgIpc) is 3.49. The average molecular weight is 370 g/mol. The van der Waals surface area contributed by atoms with Gasteiger partial charge in [-0.05, 0) is 56.9 Å². The molecule has 1 aromatic rings. The van der Waals surface area contributed by atoms with E-state index >= 15 is 0 Å². The van der Waals surface area contributed by atoms with Crippen molar-refractivity contribution in [1.82, 2.24) is 15.1 Å². The molecule has 3 fully saturated rings. The molecular weight excluding hydrogens is 338 g/mol.